The van der Waals surface area contributed by atoms with Gasteiger partial charge in [-0.1, -0.05) is 18.2 Å². The summed E-state index contributed by atoms with van der Waals surface area (Å²) in [7, 11) is 1.47. The summed E-state index contributed by atoms with van der Waals surface area (Å²) in [5.41, 5.74) is 1.85. The highest BCUT2D eigenvalue weighted by Crippen LogP contribution is 2.33. The van der Waals surface area contributed by atoms with Crippen LogP contribution >= 0.6 is 11.3 Å². The van der Waals surface area contributed by atoms with Gasteiger partial charge in [0, 0.05) is 23.7 Å². The topological polar surface area (TPSA) is 110 Å². The summed E-state index contributed by atoms with van der Waals surface area (Å²) in [5, 5.41) is 18.5. The molecule has 0 saturated heterocycles. The van der Waals surface area contributed by atoms with Crippen LogP contribution in [0.5, 0.6) is 0 Å². The molecule has 150 valence electrons. The summed E-state index contributed by atoms with van der Waals surface area (Å²) in [5.74, 6) is -0.732. The maximum absolute atomic E-state index is 13.0. The van der Waals surface area contributed by atoms with E-state index in [2.05, 4.69) is 15.1 Å². The highest BCUT2D eigenvalue weighted by molar-refractivity contribution is 7.13. The van der Waals surface area contributed by atoms with Gasteiger partial charge in [-0.25, -0.2) is 9.98 Å². The molecule has 3 aromatic rings. The van der Waals surface area contributed by atoms with Crippen LogP contribution in [0, 0.1) is 10.1 Å². The van der Waals surface area contributed by atoms with Crippen molar-refractivity contribution in [3.05, 3.63) is 81.3 Å². The Morgan fingerprint density at radius 3 is 2.60 bits per heavy atom. The van der Waals surface area contributed by atoms with Crippen molar-refractivity contribution in [3.63, 3.8) is 0 Å². The fourth-order valence-corrected chi connectivity index (χ4v) is 3.57. The number of methoxy groups -OCH3 is 1. The van der Waals surface area contributed by atoms with E-state index in [4.69, 9.17) is 4.74 Å². The Bertz CT molecular complexity index is 1140. The maximum atomic E-state index is 13.0. The monoisotopic (exact) mass is 421 g/mol. The number of hydrazone groups is 1. The number of hydrogen-bond acceptors (Lipinski definition) is 8. The van der Waals surface area contributed by atoms with Crippen LogP contribution < -0.4 is 5.01 Å². The molecule has 1 amide bonds. The Morgan fingerprint density at radius 1 is 1.20 bits per heavy atom. The fraction of sp³-hybridized carbons (Fsp3) is 0.100. The molecule has 0 aliphatic carbocycles. The molecular formula is C20H15N5O4S. The number of benzene rings is 2. The molecule has 0 saturated carbocycles. The predicted molar refractivity (Wildman–Crippen MR) is 114 cm³/mol. The number of aromatic nitrogens is 1. The Labute approximate surface area is 175 Å². The third-order valence-electron chi connectivity index (χ3n) is 4.34. The minimum Gasteiger partial charge on any atom is -0.482 e. The Balaban J connectivity index is 1.53. The molecule has 2 aromatic carbocycles. The number of carbonyl (C=O) groups is 1. The van der Waals surface area contributed by atoms with Crippen molar-refractivity contribution in [1.29, 1.82) is 0 Å². The summed E-state index contributed by atoms with van der Waals surface area (Å²) in [6.07, 6.45) is 1.56. The van der Waals surface area contributed by atoms with E-state index in [1.54, 1.807) is 35.9 Å². The fourth-order valence-electron chi connectivity index (χ4n) is 2.88. The summed E-state index contributed by atoms with van der Waals surface area (Å²) in [6.45, 7) is 0. The zero-order valence-corrected chi connectivity index (χ0v) is 16.5. The predicted octanol–water partition coefficient (Wildman–Crippen LogP) is 3.89. The SMILES string of the molecule is COC1=NN(c2ccccc2)C(=O)C1c1csc(N=Cc2ccc([N+](=O)[O-])cc2)n1. The van der Waals surface area contributed by atoms with Crippen LogP contribution in [0.25, 0.3) is 0 Å². The zero-order chi connectivity index (χ0) is 21.1. The summed E-state index contributed by atoms with van der Waals surface area (Å²) in [6, 6.07) is 15.1. The van der Waals surface area contributed by atoms with Crippen molar-refractivity contribution in [2.24, 2.45) is 10.1 Å². The quantitative estimate of drug-likeness (QED) is 0.353. The molecular weight excluding hydrogens is 406 g/mol. The van der Waals surface area contributed by atoms with Crippen LogP contribution in [0.3, 0.4) is 0 Å². The molecule has 1 atom stereocenters. The van der Waals surface area contributed by atoms with Gasteiger partial charge >= 0.3 is 0 Å². The second-order valence-corrected chi connectivity index (χ2v) is 7.06. The first kappa shape index (κ1) is 19.4. The number of aliphatic imine (C=N–C) groups is 1. The number of carbonyl (C=O) groups excluding carboxylic acids is 1. The van der Waals surface area contributed by atoms with Gasteiger partial charge in [0.2, 0.25) is 11.0 Å². The first-order chi connectivity index (χ1) is 14.6. The van der Waals surface area contributed by atoms with Crippen molar-refractivity contribution in [3.8, 4) is 0 Å². The van der Waals surface area contributed by atoms with Crippen LogP contribution in [0.1, 0.15) is 17.2 Å². The van der Waals surface area contributed by atoms with Gasteiger partial charge in [-0.3, -0.25) is 14.9 Å². The van der Waals surface area contributed by atoms with Gasteiger partial charge in [-0.05, 0) is 29.8 Å². The highest BCUT2D eigenvalue weighted by Gasteiger charge is 2.40. The molecule has 1 aromatic heterocycles. The maximum Gasteiger partial charge on any atom is 0.269 e. The van der Waals surface area contributed by atoms with Gasteiger partial charge < -0.3 is 4.74 Å². The Kier molecular flexibility index (Phi) is 5.31. The van der Waals surface area contributed by atoms with Crippen molar-refractivity contribution >= 4 is 45.9 Å². The Hall–Kier alpha value is -3.92. The van der Waals surface area contributed by atoms with Crippen molar-refractivity contribution in [1.82, 2.24) is 4.98 Å². The molecule has 2 heterocycles. The van der Waals surface area contributed by atoms with Crippen LogP contribution in [-0.2, 0) is 9.53 Å². The number of nitro benzene ring substituents is 1. The minimum atomic E-state index is -0.741. The van der Waals surface area contributed by atoms with E-state index in [0.29, 0.717) is 22.1 Å². The van der Waals surface area contributed by atoms with Gasteiger partial charge in [-0.2, -0.15) is 5.01 Å². The van der Waals surface area contributed by atoms with Gasteiger partial charge in [0.15, 0.2) is 5.92 Å². The van der Waals surface area contributed by atoms with E-state index in [9.17, 15) is 14.9 Å². The molecule has 0 N–H and O–H groups in total. The number of nitrogens with zero attached hydrogens (tertiary/aromatic N) is 5. The average molecular weight is 421 g/mol. The zero-order valence-electron chi connectivity index (χ0n) is 15.7. The van der Waals surface area contributed by atoms with Gasteiger partial charge in [0.1, 0.15) is 0 Å². The molecule has 1 aliphatic rings. The number of thiazole rings is 1. The van der Waals surface area contributed by atoms with E-state index in [-0.39, 0.29) is 17.5 Å². The molecule has 9 nitrogen and oxygen atoms in total. The lowest BCUT2D eigenvalue weighted by Crippen LogP contribution is -2.26. The minimum absolute atomic E-state index is 0.0118. The van der Waals surface area contributed by atoms with Gasteiger partial charge in [0.25, 0.3) is 11.6 Å². The number of rotatable bonds is 5. The molecule has 0 bridgehead atoms. The van der Waals surface area contributed by atoms with Gasteiger partial charge in [-0.15, -0.1) is 16.4 Å². The van der Waals surface area contributed by atoms with Crippen LogP contribution in [0.15, 0.2) is 70.1 Å². The van der Waals surface area contributed by atoms with Crippen LogP contribution in [0.2, 0.25) is 0 Å². The number of hydrogen-bond donors (Lipinski definition) is 0. The molecule has 0 fully saturated rings. The summed E-state index contributed by atoms with van der Waals surface area (Å²) < 4.78 is 5.33. The number of non-ortho nitro benzene ring substituents is 1. The molecule has 4 rings (SSSR count). The highest BCUT2D eigenvalue weighted by atomic mass is 32.1. The molecule has 1 aliphatic heterocycles. The molecule has 10 heteroatoms. The molecule has 0 radical (unpaired) electrons. The van der Waals surface area contributed by atoms with Crippen LogP contribution in [0.4, 0.5) is 16.5 Å². The number of amides is 1. The Morgan fingerprint density at radius 2 is 1.93 bits per heavy atom. The van der Waals surface area contributed by atoms with Crippen molar-refractivity contribution < 1.29 is 14.5 Å². The summed E-state index contributed by atoms with van der Waals surface area (Å²) >= 11 is 1.28. The van der Waals surface area contributed by atoms with Crippen LogP contribution in [-0.4, -0.2) is 35.0 Å². The number of nitro groups is 1. The second kappa shape index (κ2) is 8.21. The van der Waals surface area contributed by atoms with Gasteiger partial charge in [0.05, 0.1) is 23.4 Å². The van der Waals surface area contributed by atoms with E-state index in [1.807, 2.05) is 18.2 Å². The lowest BCUT2D eigenvalue weighted by Gasteiger charge is -2.12. The number of ether oxygens (including phenoxy) is 1. The average Bonchev–Trinajstić information content (AvgIpc) is 3.37. The molecule has 0 spiro atoms. The molecule has 1 unspecified atom stereocenters. The van der Waals surface area contributed by atoms with E-state index in [1.165, 1.54) is 35.6 Å². The second-order valence-electron chi connectivity index (χ2n) is 6.22. The summed E-state index contributed by atoms with van der Waals surface area (Å²) in [4.78, 5) is 32.0. The third-order valence-corrected chi connectivity index (χ3v) is 5.11. The van der Waals surface area contributed by atoms with Crippen molar-refractivity contribution in [2.45, 2.75) is 5.92 Å². The van der Waals surface area contributed by atoms with E-state index >= 15 is 0 Å². The molecule has 30 heavy (non-hydrogen) atoms. The van der Waals surface area contributed by atoms with E-state index in [0.717, 1.165) is 0 Å². The standard InChI is InChI=1S/C20H15N5O4S/c1-29-18-17(19(26)24(23-18)14-5-3-2-4-6-14)16-12-30-20(22-16)21-11-13-7-9-15(10-8-13)25(27)28/h2-12,17H,1H3. The number of para-hydroxylation sites is 1. The largest absolute Gasteiger partial charge is 0.482 e. The third kappa shape index (κ3) is 3.80. The first-order valence-corrected chi connectivity index (χ1v) is 9.70. The van der Waals surface area contributed by atoms with Crippen molar-refractivity contribution in [2.75, 3.05) is 12.1 Å². The number of anilines is 1. The normalized spacial score (nSPS) is 16.2. The smallest absolute Gasteiger partial charge is 0.269 e. The first-order valence-electron chi connectivity index (χ1n) is 8.82. The lowest BCUT2D eigenvalue weighted by atomic mass is 10.1. The lowest BCUT2D eigenvalue weighted by molar-refractivity contribution is -0.384. The van der Waals surface area contributed by atoms with E-state index < -0.39 is 10.8 Å².